The van der Waals surface area contributed by atoms with Gasteiger partial charge in [-0.25, -0.2) is 4.79 Å². The Kier molecular flexibility index (Phi) is 7.20. The van der Waals surface area contributed by atoms with Crippen molar-refractivity contribution in [3.05, 3.63) is 42.0 Å². The van der Waals surface area contributed by atoms with Gasteiger partial charge < -0.3 is 19.7 Å². The average Bonchev–Trinajstić information content (AvgIpc) is 2.63. The second-order valence-electron chi connectivity index (χ2n) is 5.88. The molecule has 1 fully saturated rings. The first kappa shape index (κ1) is 19.5. The minimum absolute atomic E-state index is 0.0779. The van der Waals surface area contributed by atoms with E-state index < -0.39 is 6.16 Å². The number of piperidine rings is 1. The molecule has 0 spiro atoms. The highest BCUT2D eigenvalue weighted by Gasteiger charge is 2.24. The van der Waals surface area contributed by atoms with E-state index in [-0.39, 0.29) is 24.5 Å². The van der Waals surface area contributed by atoms with Gasteiger partial charge in [0, 0.05) is 24.7 Å². The third kappa shape index (κ3) is 5.61. The normalized spacial score (nSPS) is 14.9. The fourth-order valence-corrected chi connectivity index (χ4v) is 2.72. The minimum Gasteiger partial charge on any atom is -0.434 e. The maximum atomic E-state index is 12.6. The SMILES string of the molecule is C/C=C/C(=O)NC1CCN(C(=O)c2ccc(OC(=O)OCC)cc2)CC1. The molecule has 1 aliphatic rings. The molecular formula is C19H24N2O5. The zero-order valence-electron chi connectivity index (χ0n) is 15.1. The predicted octanol–water partition coefficient (Wildman–Crippen LogP) is 2.52. The molecule has 7 heteroatoms. The number of amides is 2. The molecule has 1 aromatic rings. The van der Waals surface area contributed by atoms with Crippen LogP contribution in [0.25, 0.3) is 0 Å². The van der Waals surface area contributed by atoms with Crippen molar-refractivity contribution in [2.75, 3.05) is 19.7 Å². The van der Waals surface area contributed by atoms with Crippen LogP contribution in [0, 0.1) is 0 Å². The average molecular weight is 360 g/mol. The molecule has 1 aliphatic heterocycles. The summed E-state index contributed by atoms with van der Waals surface area (Å²) < 4.78 is 9.68. The topological polar surface area (TPSA) is 84.9 Å². The molecule has 1 heterocycles. The van der Waals surface area contributed by atoms with Gasteiger partial charge in [-0.2, -0.15) is 0 Å². The van der Waals surface area contributed by atoms with Gasteiger partial charge in [-0.15, -0.1) is 0 Å². The van der Waals surface area contributed by atoms with Crippen molar-refractivity contribution in [1.29, 1.82) is 0 Å². The molecule has 26 heavy (non-hydrogen) atoms. The first-order valence-electron chi connectivity index (χ1n) is 8.70. The van der Waals surface area contributed by atoms with E-state index in [9.17, 15) is 14.4 Å². The fourth-order valence-electron chi connectivity index (χ4n) is 2.72. The highest BCUT2D eigenvalue weighted by atomic mass is 16.7. The number of benzene rings is 1. The van der Waals surface area contributed by atoms with E-state index in [1.807, 2.05) is 0 Å². The lowest BCUT2D eigenvalue weighted by Crippen LogP contribution is -2.46. The van der Waals surface area contributed by atoms with Gasteiger partial charge in [0.2, 0.25) is 5.91 Å². The number of nitrogens with zero attached hydrogens (tertiary/aromatic N) is 1. The number of nitrogens with one attached hydrogen (secondary N) is 1. The number of likely N-dealkylation sites (tertiary alicyclic amines) is 1. The van der Waals surface area contributed by atoms with Gasteiger partial charge in [-0.1, -0.05) is 6.08 Å². The van der Waals surface area contributed by atoms with E-state index in [2.05, 4.69) is 5.32 Å². The Labute approximate surface area is 153 Å². The van der Waals surface area contributed by atoms with Crippen molar-refractivity contribution in [1.82, 2.24) is 10.2 Å². The van der Waals surface area contributed by atoms with Crippen molar-refractivity contribution in [2.45, 2.75) is 32.7 Å². The lowest BCUT2D eigenvalue weighted by Gasteiger charge is -2.32. The number of hydrogen-bond donors (Lipinski definition) is 1. The lowest BCUT2D eigenvalue weighted by molar-refractivity contribution is -0.117. The maximum Gasteiger partial charge on any atom is 0.513 e. The highest BCUT2D eigenvalue weighted by molar-refractivity contribution is 5.94. The standard InChI is InChI=1S/C19H24N2O5/c1-3-5-17(22)20-15-10-12-21(13-11-15)18(23)14-6-8-16(9-7-14)26-19(24)25-4-2/h3,5-9,15H,4,10-13H2,1-2H3,(H,20,22)/b5-3+. The first-order valence-corrected chi connectivity index (χ1v) is 8.70. The van der Waals surface area contributed by atoms with E-state index >= 15 is 0 Å². The molecule has 7 nitrogen and oxygen atoms in total. The van der Waals surface area contributed by atoms with Gasteiger partial charge in [0.05, 0.1) is 6.61 Å². The molecule has 1 aromatic carbocycles. The highest BCUT2D eigenvalue weighted by Crippen LogP contribution is 2.17. The van der Waals surface area contributed by atoms with Crippen LogP contribution in [0.15, 0.2) is 36.4 Å². The van der Waals surface area contributed by atoms with Crippen molar-refractivity contribution in [2.24, 2.45) is 0 Å². The summed E-state index contributed by atoms with van der Waals surface area (Å²) in [6, 6.07) is 6.46. The smallest absolute Gasteiger partial charge is 0.434 e. The van der Waals surface area contributed by atoms with Gasteiger partial charge in [0.15, 0.2) is 0 Å². The lowest BCUT2D eigenvalue weighted by atomic mass is 10.0. The van der Waals surface area contributed by atoms with Crippen LogP contribution in [-0.4, -0.2) is 48.6 Å². The summed E-state index contributed by atoms with van der Waals surface area (Å²) in [5, 5.41) is 2.93. The number of allylic oxidation sites excluding steroid dienone is 1. The van der Waals surface area contributed by atoms with Crippen LogP contribution in [0.2, 0.25) is 0 Å². The van der Waals surface area contributed by atoms with Crippen LogP contribution < -0.4 is 10.1 Å². The van der Waals surface area contributed by atoms with E-state index in [1.54, 1.807) is 49.1 Å². The zero-order valence-corrected chi connectivity index (χ0v) is 15.1. The molecule has 140 valence electrons. The Morgan fingerprint density at radius 3 is 2.42 bits per heavy atom. The Balaban J connectivity index is 1.86. The Morgan fingerprint density at radius 1 is 1.19 bits per heavy atom. The number of hydrogen-bond acceptors (Lipinski definition) is 5. The van der Waals surface area contributed by atoms with Crippen molar-refractivity contribution >= 4 is 18.0 Å². The molecule has 1 N–H and O–H groups in total. The molecule has 0 saturated carbocycles. The van der Waals surface area contributed by atoms with Crippen LogP contribution in [0.5, 0.6) is 5.75 Å². The molecule has 0 aliphatic carbocycles. The third-order valence-electron chi connectivity index (χ3n) is 4.01. The summed E-state index contributed by atoms with van der Waals surface area (Å²) in [7, 11) is 0. The summed E-state index contributed by atoms with van der Waals surface area (Å²) in [4.78, 5) is 37.2. The summed E-state index contributed by atoms with van der Waals surface area (Å²) in [5.41, 5.74) is 0.526. The number of carbonyl (C=O) groups is 3. The van der Waals surface area contributed by atoms with Crippen molar-refractivity contribution in [3.8, 4) is 5.75 Å². The minimum atomic E-state index is -0.770. The maximum absolute atomic E-state index is 12.6. The van der Waals surface area contributed by atoms with Crippen molar-refractivity contribution < 1.29 is 23.9 Å². The summed E-state index contributed by atoms with van der Waals surface area (Å²) in [6.07, 6.45) is 3.87. The van der Waals surface area contributed by atoms with E-state index in [0.717, 1.165) is 12.8 Å². The summed E-state index contributed by atoms with van der Waals surface area (Å²) in [6.45, 7) is 4.89. The molecule has 0 radical (unpaired) electrons. The monoisotopic (exact) mass is 360 g/mol. The van der Waals surface area contributed by atoms with Gasteiger partial charge in [-0.05, 0) is 57.0 Å². The van der Waals surface area contributed by atoms with Gasteiger partial charge in [0.1, 0.15) is 5.75 Å². The third-order valence-corrected chi connectivity index (χ3v) is 4.01. The van der Waals surface area contributed by atoms with Gasteiger partial charge >= 0.3 is 6.16 Å². The van der Waals surface area contributed by atoms with Crippen molar-refractivity contribution in [3.63, 3.8) is 0 Å². The molecule has 1 saturated heterocycles. The molecule has 0 aromatic heterocycles. The first-order chi connectivity index (χ1) is 12.5. The van der Waals surface area contributed by atoms with Gasteiger partial charge in [0.25, 0.3) is 5.91 Å². The van der Waals surface area contributed by atoms with E-state index in [0.29, 0.717) is 24.4 Å². The largest absolute Gasteiger partial charge is 0.513 e. The van der Waals surface area contributed by atoms with Crippen LogP contribution in [0.4, 0.5) is 4.79 Å². The molecular weight excluding hydrogens is 336 g/mol. The predicted molar refractivity (Wildman–Crippen MR) is 96.0 cm³/mol. The zero-order chi connectivity index (χ0) is 18.9. The Bertz CT molecular complexity index is 661. The Hall–Kier alpha value is -2.83. The molecule has 0 atom stereocenters. The number of ether oxygens (including phenoxy) is 2. The van der Waals surface area contributed by atoms with E-state index in [4.69, 9.17) is 9.47 Å². The molecule has 2 rings (SSSR count). The van der Waals surface area contributed by atoms with Crippen LogP contribution in [0.3, 0.4) is 0 Å². The quantitative estimate of drug-likeness (QED) is 0.495. The number of rotatable bonds is 5. The van der Waals surface area contributed by atoms with Crippen LogP contribution in [-0.2, 0) is 9.53 Å². The molecule has 0 unspecified atom stereocenters. The van der Waals surface area contributed by atoms with Gasteiger partial charge in [-0.3, -0.25) is 9.59 Å². The second kappa shape index (κ2) is 9.60. The van der Waals surface area contributed by atoms with Crippen LogP contribution in [0.1, 0.15) is 37.0 Å². The fraction of sp³-hybridized carbons (Fsp3) is 0.421. The second-order valence-corrected chi connectivity index (χ2v) is 5.88. The summed E-state index contributed by atoms with van der Waals surface area (Å²) >= 11 is 0. The number of carbonyl (C=O) groups excluding carboxylic acids is 3. The Morgan fingerprint density at radius 2 is 1.85 bits per heavy atom. The van der Waals surface area contributed by atoms with Crippen LogP contribution >= 0.6 is 0 Å². The van der Waals surface area contributed by atoms with E-state index in [1.165, 1.54) is 6.08 Å². The summed E-state index contributed by atoms with van der Waals surface area (Å²) in [5.74, 6) is 0.144. The molecule has 0 bridgehead atoms. The molecule has 2 amide bonds.